The van der Waals surface area contributed by atoms with Crippen molar-refractivity contribution in [2.45, 2.75) is 26.9 Å². The van der Waals surface area contributed by atoms with Gasteiger partial charge in [-0.1, -0.05) is 18.7 Å². The minimum Gasteiger partial charge on any atom is -0.459 e. The second-order valence-corrected chi connectivity index (χ2v) is 8.21. The number of ether oxygens (including phenoxy) is 2. The quantitative estimate of drug-likeness (QED) is 0.552. The summed E-state index contributed by atoms with van der Waals surface area (Å²) in [5.74, 6) is -0.353. The molecule has 3 heterocycles. The molecule has 1 saturated heterocycles. The fourth-order valence-corrected chi connectivity index (χ4v) is 4.17. The third-order valence-electron chi connectivity index (χ3n) is 5.74. The molecule has 1 aromatic carbocycles. The number of carbonyl (C=O) groups is 1. The average Bonchev–Trinajstić information content (AvgIpc) is 3.22. The van der Waals surface area contributed by atoms with Crippen LogP contribution >= 0.6 is 0 Å². The number of aromatic nitrogens is 1. The second kappa shape index (κ2) is 8.89. The number of hydrogen-bond acceptors (Lipinski definition) is 5. The van der Waals surface area contributed by atoms with Gasteiger partial charge in [-0.25, -0.2) is 4.79 Å². The van der Waals surface area contributed by atoms with Crippen LogP contribution in [0.5, 0.6) is 0 Å². The van der Waals surface area contributed by atoms with Crippen LogP contribution in [0, 0.1) is 18.3 Å². The van der Waals surface area contributed by atoms with Crippen LogP contribution in [0.2, 0.25) is 0 Å². The summed E-state index contributed by atoms with van der Waals surface area (Å²) in [5.41, 5.74) is 6.39. The third kappa shape index (κ3) is 4.00. The first-order valence-electron chi connectivity index (χ1n) is 10.8. The van der Waals surface area contributed by atoms with E-state index >= 15 is 0 Å². The highest BCUT2D eigenvalue weighted by molar-refractivity contribution is 5.96. The van der Waals surface area contributed by atoms with E-state index in [-0.39, 0.29) is 12.1 Å². The van der Waals surface area contributed by atoms with Crippen molar-refractivity contribution in [1.82, 2.24) is 9.30 Å². The molecule has 3 aromatic rings. The van der Waals surface area contributed by atoms with Gasteiger partial charge in [-0.05, 0) is 56.2 Å². The molecule has 0 radical (unpaired) electrons. The highest BCUT2D eigenvalue weighted by Gasteiger charge is 2.24. The van der Waals surface area contributed by atoms with Crippen LogP contribution in [0.25, 0.3) is 22.3 Å². The van der Waals surface area contributed by atoms with Gasteiger partial charge in [-0.2, -0.15) is 5.26 Å². The van der Waals surface area contributed by atoms with Gasteiger partial charge in [0.2, 0.25) is 0 Å². The van der Waals surface area contributed by atoms with Crippen LogP contribution in [0.15, 0.2) is 49.2 Å². The number of pyridine rings is 1. The summed E-state index contributed by atoms with van der Waals surface area (Å²) in [6.07, 6.45) is 1.78. The van der Waals surface area contributed by atoms with E-state index in [1.165, 1.54) is 0 Å². The molecular formula is C26H27N3O3. The van der Waals surface area contributed by atoms with Crippen LogP contribution < -0.4 is 0 Å². The molecule has 0 unspecified atom stereocenters. The summed E-state index contributed by atoms with van der Waals surface area (Å²) in [7, 11) is 0. The average molecular weight is 430 g/mol. The van der Waals surface area contributed by atoms with E-state index < -0.39 is 0 Å². The first-order chi connectivity index (χ1) is 15.4. The molecule has 0 atom stereocenters. The molecule has 1 aliphatic heterocycles. The molecule has 0 N–H and O–H groups in total. The van der Waals surface area contributed by atoms with Crippen molar-refractivity contribution < 1.29 is 14.3 Å². The standard InChI is InChI=1S/C26H27N3O3/c1-17(2)32-26(30)23-15-24-22(21-7-5-6-20(14-21)16-27)8-9-29(24)25(18(23)3)19(4)28-10-12-31-13-11-28/h5-9,14-15,17H,4,10-13H2,1-3H3. The number of hydrogen-bond donors (Lipinski definition) is 0. The highest BCUT2D eigenvalue weighted by Crippen LogP contribution is 2.33. The molecule has 4 rings (SSSR count). The van der Waals surface area contributed by atoms with Gasteiger partial charge in [0.25, 0.3) is 0 Å². The zero-order valence-electron chi connectivity index (χ0n) is 18.7. The van der Waals surface area contributed by atoms with Gasteiger partial charge in [0.05, 0.1) is 53.4 Å². The molecule has 0 aliphatic carbocycles. The summed E-state index contributed by atoms with van der Waals surface area (Å²) in [6.45, 7) is 12.8. The van der Waals surface area contributed by atoms with Crippen molar-refractivity contribution in [3.63, 3.8) is 0 Å². The lowest BCUT2D eigenvalue weighted by Crippen LogP contribution is -2.35. The number of benzene rings is 1. The molecule has 0 amide bonds. The number of fused-ring (bicyclic) bond motifs is 1. The van der Waals surface area contributed by atoms with Crippen molar-refractivity contribution in [2.24, 2.45) is 0 Å². The van der Waals surface area contributed by atoms with Crippen LogP contribution in [0.3, 0.4) is 0 Å². The number of esters is 1. The van der Waals surface area contributed by atoms with Crippen LogP contribution in [-0.2, 0) is 9.47 Å². The summed E-state index contributed by atoms with van der Waals surface area (Å²) >= 11 is 0. The largest absolute Gasteiger partial charge is 0.459 e. The number of nitriles is 1. The van der Waals surface area contributed by atoms with E-state index in [0.29, 0.717) is 24.3 Å². The zero-order valence-corrected chi connectivity index (χ0v) is 18.7. The molecule has 2 aromatic heterocycles. The van der Waals surface area contributed by atoms with Gasteiger partial charge in [0, 0.05) is 24.8 Å². The van der Waals surface area contributed by atoms with Gasteiger partial charge in [0.15, 0.2) is 0 Å². The number of nitrogens with zero attached hydrogens (tertiary/aromatic N) is 3. The highest BCUT2D eigenvalue weighted by atomic mass is 16.5. The SMILES string of the molecule is C=C(c1c(C)c(C(=O)OC(C)C)cc2c(-c3cccc(C#N)c3)ccn12)N1CCOCC1. The Kier molecular flexibility index (Phi) is 6.02. The van der Waals surface area contributed by atoms with Crippen molar-refractivity contribution in [2.75, 3.05) is 26.3 Å². The van der Waals surface area contributed by atoms with Crippen molar-refractivity contribution in [1.29, 1.82) is 5.26 Å². The lowest BCUT2D eigenvalue weighted by Gasteiger charge is -2.32. The Hall–Kier alpha value is -3.56. The maximum absolute atomic E-state index is 13.0. The molecule has 6 heteroatoms. The third-order valence-corrected chi connectivity index (χ3v) is 5.74. The molecule has 6 nitrogen and oxygen atoms in total. The zero-order chi connectivity index (χ0) is 22.8. The Morgan fingerprint density at radius 1 is 1.22 bits per heavy atom. The smallest absolute Gasteiger partial charge is 0.338 e. The summed E-state index contributed by atoms with van der Waals surface area (Å²) in [6, 6.07) is 13.6. The lowest BCUT2D eigenvalue weighted by atomic mass is 10.0. The molecule has 32 heavy (non-hydrogen) atoms. The second-order valence-electron chi connectivity index (χ2n) is 8.21. The van der Waals surface area contributed by atoms with Crippen LogP contribution in [0.1, 0.15) is 41.0 Å². The topological polar surface area (TPSA) is 67.0 Å². The number of rotatable bonds is 5. The Balaban J connectivity index is 1.93. The molecular weight excluding hydrogens is 402 g/mol. The van der Waals surface area contributed by atoms with Crippen molar-refractivity contribution in [3.05, 3.63) is 71.6 Å². The van der Waals surface area contributed by atoms with Crippen LogP contribution in [0.4, 0.5) is 0 Å². The summed E-state index contributed by atoms with van der Waals surface area (Å²) < 4.78 is 13.1. The van der Waals surface area contributed by atoms with Gasteiger partial charge in [-0.15, -0.1) is 0 Å². The Bertz CT molecular complexity index is 1230. The van der Waals surface area contributed by atoms with Gasteiger partial charge >= 0.3 is 5.97 Å². The Labute approximate surface area is 188 Å². The molecule has 0 spiro atoms. The lowest BCUT2D eigenvalue weighted by molar-refractivity contribution is 0.0377. The Morgan fingerprint density at radius 2 is 1.97 bits per heavy atom. The van der Waals surface area contributed by atoms with Gasteiger partial charge in [0.1, 0.15) is 0 Å². The monoisotopic (exact) mass is 429 g/mol. The van der Waals surface area contributed by atoms with E-state index in [2.05, 4.69) is 21.9 Å². The first-order valence-corrected chi connectivity index (χ1v) is 10.8. The molecule has 1 aliphatic rings. The van der Waals surface area contributed by atoms with Gasteiger partial charge in [-0.3, -0.25) is 0 Å². The van der Waals surface area contributed by atoms with E-state index in [1.54, 1.807) is 6.07 Å². The van der Waals surface area contributed by atoms with Crippen molar-refractivity contribution in [3.8, 4) is 17.2 Å². The van der Waals surface area contributed by atoms with E-state index in [4.69, 9.17) is 9.47 Å². The maximum atomic E-state index is 13.0. The van der Waals surface area contributed by atoms with Crippen LogP contribution in [-0.4, -0.2) is 47.7 Å². The minimum atomic E-state index is -0.353. The Morgan fingerprint density at radius 3 is 2.66 bits per heavy atom. The molecule has 1 fully saturated rings. The molecule has 164 valence electrons. The summed E-state index contributed by atoms with van der Waals surface area (Å²) in [4.78, 5) is 15.2. The fourth-order valence-electron chi connectivity index (χ4n) is 4.17. The predicted octanol–water partition coefficient (Wildman–Crippen LogP) is 4.65. The van der Waals surface area contributed by atoms with Crippen molar-refractivity contribution >= 4 is 17.2 Å². The van der Waals surface area contributed by atoms with E-state index in [9.17, 15) is 10.1 Å². The maximum Gasteiger partial charge on any atom is 0.338 e. The van der Waals surface area contributed by atoms with E-state index in [1.807, 2.05) is 57.3 Å². The fraction of sp³-hybridized carbons (Fsp3) is 0.308. The molecule has 0 saturated carbocycles. The molecule has 0 bridgehead atoms. The summed E-state index contributed by atoms with van der Waals surface area (Å²) in [5, 5.41) is 9.33. The van der Waals surface area contributed by atoms with E-state index in [0.717, 1.165) is 46.7 Å². The predicted molar refractivity (Wildman–Crippen MR) is 124 cm³/mol. The normalized spacial score (nSPS) is 13.9. The first kappa shape index (κ1) is 21.7. The number of carbonyl (C=O) groups excluding carboxylic acids is 1. The number of morpholine rings is 1. The van der Waals surface area contributed by atoms with Gasteiger partial charge < -0.3 is 18.8 Å². The minimum absolute atomic E-state index is 0.220.